The van der Waals surface area contributed by atoms with Gasteiger partial charge in [-0.3, -0.25) is 14.4 Å². The monoisotopic (exact) mass is 342 g/mol. The van der Waals surface area contributed by atoms with Crippen LogP contribution in [0.4, 0.5) is 0 Å². The molecule has 0 aliphatic carbocycles. The summed E-state index contributed by atoms with van der Waals surface area (Å²) in [6.07, 6.45) is 5.15. The second-order valence-electron chi connectivity index (χ2n) is 6.99. The number of phenolic OH excluding ortho intramolecular Hbond substituents is 1. The largest absolute Gasteiger partial charge is 0.508 e. The van der Waals surface area contributed by atoms with Crippen LogP contribution in [0.15, 0.2) is 24.5 Å². The van der Waals surface area contributed by atoms with Crippen LogP contribution >= 0.6 is 0 Å². The average Bonchev–Trinajstić information content (AvgIpc) is 3.01. The Balaban J connectivity index is 1.52. The molecule has 1 aromatic carbocycles. The number of likely N-dealkylation sites (tertiary alicyclic amines) is 1. The third kappa shape index (κ3) is 4.20. The summed E-state index contributed by atoms with van der Waals surface area (Å²) in [6.45, 7) is 6.64. The third-order valence-corrected chi connectivity index (χ3v) is 4.98. The molecule has 134 valence electrons. The van der Waals surface area contributed by atoms with Crippen molar-refractivity contribution in [1.82, 2.24) is 20.0 Å². The van der Waals surface area contributed by atoms with Crippen molar-refractivity contribution >= 4 is 5.91 Å². The van der Waals surface area contributed by atoms with Crippen LogP contribution in [0.25, 0.3) is 0 Å². The molecule has 1 saturated heterocycles. The molecule has 25 heavy (non-hydrogen) atoms. The molecule has 0 radical (unpaired) electrons. The molecule has 1 fully saturated rings. The number of aromatic nitrogens is 2. The Morgan fingerprint density at radius 3 is 2.60 bits per heavy atom. The van der Waals surface area contributed by atoms with Crippen LogP contribution in [0, 0.1) is 13.8 Å². The summed E-state index contributed by atoms with van der Waals surface area (Å²) < 4.78 is 1.63. The van der Waals surface area contributed by atoms with Gasteiger partial charge in [-0.25, -0.2) is 0 Å². The van der Waals surface area contributed by atoms with Crippen molar-refractivity contribution in [2.24, 2.45) is 7.05 Å². The zero-order valence-electron chi connectivity index (χ0n) is 15.1. The molecule has 0 spiro atoms. The fourth-order valence-corrected chi connectivity index (χ4v) is 3.27. The van der Waals surface area contributed by atoms with E-state index in [2.05, 4.69) is 28.3 Å². The molecule has 0 bridgehead atoms. The summed E-state index contributed by atoms with van der Waals surface area (Å²) in [7, 11) is 1.80. The first-order chi connectivity index (χ1) is 11.9. The highest BCUT2D eigenvalue weighted by Crippen LogP contribution is 2.24. The summed E-state index contributed by atoms with van der Waals surface area (Å²) in [5, 5.41) is 17.3. The van der Waals surface area contributed by atoms with Gasteiger partial charge in [-0.2, -0.15) is 5.10 Å². The Hall–Kier alpha value is -2.34. The van der Waals surface area contributed by atoms with Gasteiger partial charge >= 0.3 is 0 Å². The minimum Gasteiger partial charge on any atom is -0.508 e. The third-order valence-electron chi connectivity index (χ3n) is 4.98. The maximum atomic E-state index is 12.2. The van der Waals surface area contributed by atoms with E-state index in [0.717, 1.165) is 43.6 Å². The molecule has 2 aromatic rings. The summed E-state index contributed by atoms with van der Waals surface area (Å²) in [5.41, 5.74) is 3.88. The summed E-state index contributed by atoms with van der Waals surface area (Å²) in [6, 6.07) is 4.10. The highest BCUT2D eigenvalue weighted by molar-refractivity contribution is 5.93. The number of hydrogen-bond donors (Lipinski definition) is 2. The van der Waals surface area contributed by atoms with Gasteiger partial charge < -0.3 is 10.4 Å². The van der Waals surface area contributed by atoms with E-state index in [1.807, 2.05) is 13.0 Å². The van der Waals surface area contributed by atoms with Gasteiger partial charge in [-0.15, -0.1) is 0 Å². The van der Waals surface area contributed by atoms with E-state index >= 15 is 0 Å². The van der Waals surface area contributed by atoms with Crippen molar-refractivity contribution in [3.8, 4) is 5.75 Å². The van der Waals surface area contributed by atoms with Gasteiger partial charge in [0.05, 0.1) is 11.8 Å². The number of carbonyl (C=O) groups is 1. The molecule has 1 aliphatic rings. The Bertz CT molecular complexity index is 761. The number of piperidine rings is 1. The number of nitrogens with zero attached hydrogens (tertiary/aromatic N) is 3. The fourth-order valence-electron chi connectivity index (χ4n) is 3.27. The zero-order chi connectivity index (χ0) is 18.0. The molecule has 0 saturated carbocycles. The molecular weight excluding hydrogens is 316 g/mol. The van der Waals surface area contributed by atoms with E-state index in [1.54, 1.807) is 24.1 Å². The van der Waals surface area contributed by atoms with Crippen LogP contribution in [0.2, 0.25) is 0 Å². The number of aromatic hydroxyl groups is 1. The predicted molar refractivity (Wildman–Crippen MR) is 96.6 cm³/mol. The normalized spacial score (nSPS) is 16.1. The lowest BCUT2D eigenvalue weighted by Crippen LogP contribution is -2.44. The maximum absolute atomic E-state index is 12.2. The summed E-state index contributed by atoms with van der Waals surface area (Å²) in [4.78, 5) is 14.5. The summed E-state index contributed by atoms with van der Waals surface area (Å²) >= 11 is 0. The van der Waals surface area contributed by atoms with Crippen molar-refractivity contribution in [2.45, 2.75) is 39.3 Å². The Kier molecular flexibility index (Phi) is 5.08. The second kappa shape index (κ2) is 7.27. The van der Waals surface area contributed by atoms with Crippen molar-refractivity contribution < 1.29 is 9.90 Å². The molecule has 1 aromatic heterocycles. The first kappa shape index (κ1) is 17.5. The molecule has 2 N–H and O–H groups in total. The first-order valence-corrected chi connectivity index (χ1v) is 8.73. The van der Waals surface area contributed by atoms with E-state index in [0.29, 0.717) is 11.3 Å². The smallest absolute Gasteiger partial charge is 0.254 e. The molecule has 6 nitrogen and oxygen atoms in total. The second-order valence-corrected chi connectivity index (χ2v) is 6.99. The quantitative estimate of drug-likeness (QED) is 0.893. The molecular formula is C19H26N4O2. The summed E-state index contributed by atoms with van der Waals surface area (Å²) in [5.74, 6) is 0.313. The lowest BCUT2D eigenvalue weighted by molar-refractivity contribution is 0.0908. The lowest BCUT2D eigenvalue weighted by Gasteiger charge is -2.32. The van der Waals surface area contributed by atoms with E-state index in [9.17, 15) is 9.90 Å². The Labute approximate surface area is 148 Å². The topological polar surface area (TPSA) is 70.4 Å². The van der Waals surface area contributed by atoms with Crippen LogP contribution in [0.5, 0.6) is 5.75 Å². The fraction of sp³-hybridized carbons (Fsp3) is 0.474. The highest BCUT2D eigenvalue weighted by atomic mass is 16.3. The Morgan fingerprint density at radius 1 is 1.28 bits per heavy atom. The molecule has 6 heteroatoms. The van der Waals surface area contributed by atoms with Gasteiger partial charge in [0.1, 0.15) is 5.75 Å². The van der Waals surface area contributed by atoms with Gasteiger partial charge in [0, 0.05) is 44.5 Å². The number of benzene rings is 1. The number of rotatable bonds is 4. The molecule has 3 rings (SSSR count). The van der Waals surface area contributed by atoms with E-state index < -0.39 is 0 Å². The Morgan fingerprint density at radius 2 is 1.96 bits per heavy atom. The minimum absolute atomic E-state index is 0.0571. The van der Waals surface area contributed by atoms with Gasteiger partial charge in [-0.1, -0.05) is 6.07 Å². The molecule has 0 atom stereocenters. The van der Waals surface area contributed by atoms with Crippen LogP contribution in [0.1, 0.15) is 39.9 Å². The molecule has 0 unspecified atom stereocenters. The number of nitrogens with one attached hydrogen (secondary N) is 1. The van der Waals surface area contributed by atoms with E-state index in [4.69, 9.17) is 0 Å². The van der Waals surface area contributed by atoms with Gasteiger partial charge in [0.2, 0.25) is 0 Å². The molecule has 1 aliphatic heterocycles. The lowest BCUT2D eigenvalue weighted by atomic mass is 10.0. The van der Waals surface area contributed by atoms with Gasteiger partial charge in [0.15, 0.2) is 0 Å². The number of aryl methyl sites for hydroxylation is 3. The highest BCUT2D eigenvalue weighted by Gasteiger charge is 2.22. The first-order valence-electron chi connectivity index (χ1n) is 8.73. The van der Waals surface area contributed by atoms with Crippen LogP contribution in [-0.4, -0.2) is 44.8 Å². The molecule has 2 heterocycles. The average molecular weight is 342 g/mol. The molecule has 1 amide bonds. The maximum Gasteiger partial charge on any atom is 0.254 e. The predicted octanol–water partition coefficient (Wildman–Crippen LogP) is 2.14. The SMILES string of the molecule is Cc1cc(O)c(CN2CCC(NC(=O)c3cnn(C)c3)CC2)cc1C. The van der Waals surface area contributed by atoms with E-state index in [1.165, 1.54) is 5.56 Å². The number of hydrogen-bond acceptors (Lipinski definition) is 4. The number of carbonyl (C=O) groups excluding carboxylic acids is 1. The zero-order valence-corrected chi connectivity index (χ0v) is 15.1. The van der Waals surface area contributed by atoms with E-state index in [-0.39, 0.29) is 11.9 Å². The van der Waals surface area contributed by atoms with Crippen LogP contribution in [0.3, 0.4) is 0 Å². The van der Waals surface area contributed by atoms with Crippen LogP contribution in [-0.2, 0) is 13.6 Å². The van der Waals surface area contributed by atoms with Crippen molar-refractivity contribution in [3.05, 3.63) is 46.8 Å². The van der Waals surface area contributed by atoms with Crippen molar-refractivity contribution in [2.75, 3.05) is 13.1 Å². The number of amides is 1. The standard InChI is InChI=1S/C19H26N4O2/c1-13-8-15(18(24)9-14(13)2)12-23-6-4-17(5-7-23)21-19(25)16-10-20-22(3)11-16/h8-11,17,24H,4-7,12H2,1-3H3,(H,21,25). The van der Waals surface area contributed by atoms with Crippen LogP contribution < -0.4 is 5.32 Å². The van der Waals surface area contributed by atoms with Crippen molar-refractivity contribution in [1.29, 1.82) is 0 Å². The van der Waals surface area contributed by atoms with Gasteiger partial charge in [0.25, 0.3) is 5.91 Å². The minimum atomic E-state index is -0.0571. The van der Waals surface area contributed by atoms with Gasteiger partial charge in [-0.05, 0) is 43.9 Å². The van der Waals surface area contributed by atoms with Crippen molar-refractivity contribution in [3.63, 3.8) is 0 Å². The number of phenols is 1.